The van der Waals surface area contributed by atoms with E-state index in [1.165, 1.54) is 16.6 Å². The number of nitrogens with zero attached hydrogens (tertiary/aromatic N) is 2. The lowest BCUT2D eigenvalue weighted by Gasteiger charge is -2.09. The number of benzene rings is 1. The van der Waals surface area contributed by atoms with E-state index in [1.807, 2.05) is 30.5 Å². The van der Waals surface area contributed by atoms with E-state index < -0.39 is 0 Å². The molecule has 0 radical (unpaired) electrons. The van der Waals surface area contributed by atoms with Crippen LogP contribution in [-0.4, -0.2) is 16.7 Å². The first-order valence-corrected chi connectivity index (χ1v) is 7.19. The van der Waals surface area contributed by atoms with E-state index in [2.05, 4.69) is 35.4 Å². The molecule has 0 aliphatic rings. The topological polar surface area (TPSA) is 27.1 Å². The summed E-state index contributed by atoms with van der Waals surface area (Å²) in [4.78, 5) is 4.60. The van der Waals surface area contributed by atoms with Crippen LogP contribution in [0.5, 0.6) is 5.75 Å². The average molecular weight is 290 g/mol. The van der Waals surface area contributed by atoms with Crippen molar-refractivity contribution in [3.8, 4) is 29.4 Å². The largest absolute Gasteiger partial charge is 0.497 e. The summed E-state index contributed by atoms with van der Waals surface area (Å²) in [6.07, 6.45) is 7.40. The zero-order valence-electron chi connectivity index (χ0n) is 13.1. The smallest absolute Gasteiger partial charge is 0.118 e. The highest BCUT2D eigenvalue weighted by molar-refractivity contribution is 5.95. The molecule has 0 aliphatic heterocycles. The molecule has 0 saturated carbocycles. The third-order valence-electron chi connectivity index (χ3n) is 4.16. The van der Waals surface area contributed by atoms with Crippen molar-refractivity contribution in [3.05, 3.63) is 47.8 Å². The minimum atomic E-state index is 0.547. The number of rotatable bonds is 3. The Morgan fingerprint density at radius 1 is 1.18 bits per heavy atom. The van der Waals surface area contributed by atoms with Crippen LogP contribution >= 0.6 is 0 Å². The van der Waals surface area contributed by atoms with Crippen molar-refractivity contribution in [3.63, 3.8) is 0 Å². The lowest BCUT2D eigenvalue weighted by molar-refractivity contribution is 0.415. The summed E-state index contributed by atoms with van der Waals surface area (Å²) < 4.78 is 7.39. The molecule has 1 aromatic carbocycles. The summed E-state index contributed by atoms with van der Waals surface area (Å²) in [6.45, 7) is 4.78. The van der Waals surface area contributed by atoms with Crippen molar-refractivity contribution in [2.24, 2.45) is 0 Å². The quantitative estimate of drug-likeness (QED) is 0.683. The Kier molecular flexibility index (Phi) is 3.60. The number of terminal acetylenes is 1. The van der Waals surface area contributed by atoms with Crippen LogP contribution in [0.3, 0.4) is 0 Å². The Morgan fingerprint density at radius 3 is 2.55 bits per heavy atom. The van der Waals surface area contributed by atoms with E-state index in [1.54, 1.807) is 7.11 Å². The molecule has 3 heteroatoms. The minimum absolute atomic E-state index is 0.547. The average Bonchev–Trinajstić information content (AvgIpc) is 2.80. The zero-order valence-corrected chi connectivity index (χ0v) is 13.1. The highest BCUT2D eigenvalue weighted by Crippen LogP contribution is 2.32. The van der Waals surface area contributed by atoms with E-state index >= 15 is 0 Å². The molecular formula is C19H18N2O. The molecular weight excluding hydrogens is 272 g/mol. The molecule has 0 spiro atoms. The van der Waals surface area contributed by atoms with Crippen molar-refractivity contribution < 1.29 is 4.74 Å². The van der Waals surface area contributed by atoms with Gasteiger partial charge in [-0.3, -0.25) is 4.98 Å². The predicted octanol–water partition coefficient (Wildman–Crippen LogP) is 3.96. The summed E-state index contributed by atoms with van der Waals surface area (Å²) in [5.74, 6) is 3.58. The van der Waals surface area contributed by atoms with Crippen molar-refractivity contribution in [1.29, 1.82) is 0 Å². The molecule has 0 unspecified atom stereocenters. The van der Waals surface area contributed by atoms with Gasteiger partial charge < -0.3 is 9.30 Å². The number of ether oxygens (including phenoxy) is 1. The lowest BCUT2D eigenvalue weighted by Crippen LogP contribution is -2.00. The number of pyridine rings is 1. The highest BCUT2D eigenvalue weighted by atomic mass is 16.5. The highest BCUT2D eigenvalue weighted by Gasteiger charge is 2.15. The molecule has 0 fully saturated rings. The molecule has 0 atom stereocenters. The Labute approximate surface area is 130 Å². The van der Waals surface area contributed by atoms with Gasteiger partial charge in [-0.25, -0.2) is 0 Å². The van der Waals surface area contributed by atoms with Crippen LogP contribution < -0.4 is 4.74 Å². The Balaban J connectivity index is 2.29. The van der Waals surface area contributed by atoms with Gasteiger partial charge in [0.15, 0.2) is 0 Å². The van der Waals surface area contributed by atoms with Gasteiger partial charge in [0.25, 0.3) is 0 Å². The van der Waals surface area contributed by atoms with Gasteiger partial charge in [0, 0.05) is 22.8 Å². The number of aryl methyl sites for hydroxylation is 1. The van der Waals surface area contributed by atoms with Crippen LogP contribution in [-0.2, 0) is 6.54 Å². The maximum absolute atomic E-state index is 5.55. The normalized spacial score (nSPS) is 10.6. The van der Waals surface area contributed by atoms with Crippen LogP contribution in [0.2, 0.25) is 0 Å². The van der Waals surface area contributed by atoms with Crippen LogP contribution in [0.25, 0.3) is 22.2 Å². The molecule has 0 aliphatic carbocycles. The molecule has 0 saturated heterocycles. The van der Waals surface area contributed by atoms with Crippen molar-refractivity contribution >= 4 is 10.9 Å². The summed E-state index contributed by atoms with van der Waals surface area (Å²) in [5, 5.41) is 1.20. The number of methoxy groups -OCH3 is 1. The molecule has 3 rings (SSSR count). The van der Waals surface area contributed by atoms with Gasteiger partial charge >= 0.3 is 0 Å². The van der Waals surface area contributed by atoms with Crippen LogP contribution in [0.4, 0.5) is 0 Å². The van der Waals surface area contributed by atoms with Gasteiger partial charge in [0.05, 0.1) is 24.9 Å². The second-order valence-electron chi connectivity index (χ2n) is 5.28. The van der Waals surface area contributed by atoms with Crippen molar-refractivity contribution in [1.82, 2.24) is 9.55 Å². The molecule has 0 bridgehead atoms. The maximum atomic E-state index is 5.55. The van der Waals surface area contributed by atoms with Gasteiger partial charge in [-0.15, -0.1) is 6.42 Å². The first-order valence-electron chi connectivity index (χ1n) is 7.19. The first kappa shape index (κ1) is 14.2. The van der Waals surface area contributed by atoms with E-state index in [0.717, 1.165) is 22.5 Å². The molecule has 3 nitrogen and oxygen atoms in total. The van der Waals surface area contributed by atoms with Gasteiger partial charge in [-0.1, -0.05) is 5.92 Å². The standard InChI is InChI=1S/C19H18N2O/c1-5-12-21-14(3)13(2)17-10-11-20-18(19(17)21)15-6-8-16(22-4)9-7-15/h1,6-11H,12H2,2-4H3. The fraction of sp³-hybridized carbons (Fsp3) is 0.211. The molecule has 3 aromatic rings. The fourth-order valence-corrected chi connectivity index (χ4v) is 2.84. The monoisotopic (exact) mass is 290 g/mol. The summed E-state index contributed by atoms with van der Waals surface area (Å²) in [7, 11) is 1.67. The number of hydrogen-bond acceptors (Lipinski definition) is 2. The minimum Gasteiger partial charge on any atom is -0.497 e. The Morgan fingerprint density at radius 2 is 1.91 bits per heavy atom. The van der Waals surface area contributed by atoms with Crippen molar-refractivity contribution in [2.75, 3.05) is 7.11 Å². The molecule has 22 heavy (non-hydrogen) atoms. The number of hydrogen-bond donors (Lipinski definition) is 0. The van der Waals surface area contributed by atoms with E-state index in [-0.39, 0.29) is 0 Å². The van der Waals surface area contributed by atoms with E-state index in [0.29, 0.717) is 6.54 Å². The second-order valence-corrected chi connectivity index (χ2v) is 5.28. The number of fused-ring (bicyclic) bond motifs is 1. The van der Waals surface area contributed by atoms with Crippen LogP contribution in [0, 0.1) is 26.2 Å². The van der Waals surface area contributed by atoms with E-state index in [9.17, 15) is 0 Å². The maximum Gasteiger partial charge on any atom is 0.118 e. The van der Waals surface area contributed by atoms with Crippen LogP contribution in [0.15, 0.2) is 36.5 Å². The summed E-state index contributed by atoms with van der Waals surface area (Å²) in [6, 6.07) is 10.0. The molecule has 110 valence electrons. The summed E-state index contributed by atoms with van der Waals surface area (Å²) in [5.41, 5.74) is 5.55. The third-order valence-corrected chi connectivity index (χ3v) is 4.16. The summed E-state index contributed by atoms with van der Waals surface area (Å²) >= 11 is 0. The van der Waals surface area contributed by atoms with Gasteiger partial charge in [0.1, 0.15) is 5.75 Å². The second kappa shape index (κ2) is 5.57. The molecule has 0 N–H and O–H groups in total. The van der Waals surface area contributed by atoms with Crippen LogP contribution in [0.1, 0.15) is 11.3 Å². The van der Waals surface area contributed by atoms with Gasteiger partial charge in [-0.2, -0.15) is 0 Å². The SMILES string of the molecule is C#CCn1c(C)c(C)c2ccnc(-c3ccc(OC)cc3)c21. The number of aromatic nitrogens is 2. The van der Waals surface area contributed by atoms with Gasteiger partial charge in [0.2, 0.25) is 0 Å². The third kappa shape index (κ3) is 2.14. The fourth-order valence-electron chi connectivity index (χ4n) is 2.84. The Hall–Kier alpha value is -2.73. The van der Waals surface area contributed by atoms with E-state index in [4.69, 9.17) is 11.2 Å². The lowest BCUT2D eigenvalue weighted by atomic mass is 10.1. The predicted molar refractivity (Wildman–Crippen MR) is 90.0 cm³/mol. The van der Waals surface area contributed by atoms with Gasteiger partial charge in [-0.05, 0) is 49.7 Å². The first-order chi connectivity index (χ1) is 10.7. The van der Waals surface area contributed by atoms with Crippen molar-refractivity contribution in [2.45, 2.75) is 20.4 Å². The molecule has 2 aromatic heterocycles. The zero-order chi connectivity index (χ0) is 15.7. The molecule has 0 amide bonds. The molecule has 2 heterocycles. The Bertz CT molecular complexity index is 867.